The van der Waals surface area contributed by atoms with Gasteiger partial charge in [0.25, 0.3) is 0 Å². The van der Waals surface area contributed by atoms with Gasteiger partial charge in [0.15, 0.2) is 0 Å². The van der Waals surface area contributed by atoms with Crippen LogP contribution in [0.2, 0.25) is 0 Å². The first-order chi connectivity index (χ1) is 12.7. The Morgan fingerprint density at radius 1 is 0.769 bits per heavy atom. The molecule has 0 aromatic heterocycles. The average Bonchev–Trinajstić information content (AvgIpc) is 2.65. The van der Waals surface area contributed by atoms with Crippen LogP contribution in [0.25, 0.3) is 0 Å². The summed E-state index contributed by atoms with van der Waals surface area (Å²) in [6.45, 7) is 5.15. The van der Waals surface area contributed by atoms with Gasteiger partial charge in [-0.05, 0) is 61.6 Å². The molecule has 2 heterocycles. The summed E-state index contributed by atoms with van der Waals surface area (Å²) in [6, 6.07) is 20.2. The molecule has 0 N–H and O–H groups in total. The Hall–Kier alpha value is -2.74. The lowest BCUT2D eigenvalue weighted by molar-refractivity contribution is 0.289. The van der Waals surface area contributed by atoms with Gasteiger partial charge in [0.2, 0.25) is 0 Å². The molecule has 0 fully saturated rings. The fraction of sp³-hybridized carbons (Fsp3) is 0.250. The van der Waals surface area contributed by atoms with Crippen molar-refractivity contribution < 1.29 is 4.74 Å². The molecule has 0 bridgehead atoms. The van der Waals surface area contributed by atoms with Crippen LogP contribution in [0.4, 0.5) is 17.1 Å². The number of ether oxygens (including phenoxy) is 1. The third-order valence-electron chi connectivity index (χ3n) is 5.49. The third-order valence-corrected chi connectivity index (χ3v) is 5.49. The van der Waals surface area contributed by atoms with Crippen molar-refractivity contribution in [3.05, 3.63) is 82.4 Å². The molecule has 2 aliphatic heterocycles. The van der Waals surface area contributed by atoms with Crippen molar-refractivity contribution in [2.45, 2.75) is 33.1 Å². The van der Waals surface area contributed by atoms with E-state index in [1.54, 1.807) is 0 Å². The maximum atomic E-state index is 6.14. The van der Waals surface area contributed by atoms with Crippen molar-refractivity contribution in [3.8, 4) is 5.75 Å². The summed E-state index contributed by atoms with van der Waals surface area (Å²) >= 11 is 0. The number of fused-ring (bicyclic) bond motifs is 3. The van der Waals surface area contributed by atoms with E-state index in [1.807, 2.05) is 0 Å². The maximum absolute atomic E-state index is 6.14. The lowest BCUT2D eigenvalue weighted by Gasteiger charge is -2.36. The van der Waals surface area contributed by atoms with Crippen LogP contribution in [-0.2, 0) is 12.8 Å². The first-order valence-electron chi connectivity index (χ1n) is 9.44. The van der Waals surface area contributed by atoms with Crippen molar-refractivity contribution in [2.75, 3.05) is 11.5 Å². The average molecular weight is 341 g/mol. The number of rotatable bonds is 1. The highest BCUT2D eigenvalue weighted by Gasteiger charge is 2.27. The van der Waals surface area contributed by atoms with Gasteiger partial charge in [-0.1, -0.05) is 47.5 Å². The second-order valence-corrected chi connectivity index (χ2v) is 7.49. The van der Waals surface area contributed by atoms with Crippen molar-refractivity contribution in [1.29, 1.82) is 0 Å². The molecule has 0 unspecified atom stereocenters. The van der Waals surface area contributed by atoms with E-state index >= 15 is 0 Å². The monoisotopic (exact) mass is 341 g/mol. The zero-order valence-corrected chi connectivity index (χ0v) is 15.4. The van der Waals surface area contributed by atoms with Crippen LogP contribution >= 0.6 is 0 Å². The Kier molecular flexibility index (Phi) is 3.53. The molecule has 130 valence electrons. The molecule has 2 nitrogen and oxygen atoms in total. The smallest absolute Gasteiger partial charge is 0.146 e. The van der Waals surface area contributed by atoms with Gasteiger partial charge in [0, 0.05) is 17.8 Å². The lowest BCUT2D eigenvalue weighted by atomic mass is 9.92. The Morgan fingerprint density at radius 3 is 2.15 bits per heavy atom. The first kappa shape index (κ1) is 15.5. The molecule has 3 aromatic rings. The van der Waals surface area contributed by atoms with Crippen LogP contribution in [0.1, 0.15) is 34.2 Å². The number of hydrogen-bond acceptors (Lipinski definition) is 2. The quantitative estimate of drug-likeness (QED) is 0.421. The van der Waals surface area contributed by atoms with Crippen LogP contribution in [-0.4, -0.2) is 6.61 Å². The zero-order chi connectivity index (χ0) is 17.7. The van der Waals surface area contributed by atoms with Gasteiger partial charge in [-0.15, -0.1) is 0 Å². The van der Waals surface area contributed by atoms with Gasteiger partial charge >= 0.3 is 0 Å². The molecule has 0 saturated heterocycles. The first-order valence-corrected chi connectivity index (χ1v) is 9.44. The van der Waals surface area contributed by atoms with E-state index in [2.05, 4.69) is 73.3 Å². The van der Waals surface area contributed by atoms with Crippen molar-refractivity contribution in [2.24, 2.45) is 0 Å². The minimum Gasteiger partial charge on any atom is -0.491 e. The molecule has 0 radical (unpaired) electrons. The molecule has 2 aliphatic rings. The van der Waals surface area contributed by atoms with Crippen LogP contribution in [0.3, 0.4) is 0 Å². The van der Waals surface area contributed by atoms with Gasteiger partial charge in [-0.3, -0.25) is 0 Å². The van der Waals surface area contributed by atoms with Crippen LogP contribution in [0, 0.1) is 13.8 Å². The number of benzene rings is 3. The molecule has 0 spiro atoms. The SMILES string of the molecule is Cc1ccc2c(c1)Cc1cc(C)ccc1N2c1cccc2c1OCCC2. The normalized spacial score (nSPS) is 14.9. The second kappa shape index (κ2) is 5.91. The highest BCUT2D eigenvalue weighted by Crippen LogP contribution is 2.48. The number of aryl methyl sites for hydroxylation is 3. The van der Waals surface area contributed by atoms with E-state index in [1.165, 1.54) is 39.2 Å². The standard InChI is InChI=1S/C24H23NO/c1-16-8-10-21-19(13-16)15-20-14-17(2)9-11-22(20)25(21)23-7-3-5-18-6-4-12-26-24(18)23/h3,5,7-11,13-14H,4,6,12,15H2,1-2H3. The number of nitrogens with zero attached hydrogens (tertiary/aromatic N) is 1. The molecule has 5 rings (SSSR count). The van der Waals surface area contributed by atoms with E-state index in [-0.39, 0.29) is 0 Å². The Bertz CT molecular complexity index is 954. The summed E-state index contributed by atoms with van der Waals surface area (Å²) < 4.78 is 6.14. The van der Waals surface area contributed by atoms with E-state index in [4.69, 9.17) is 4.74 Å². The van der Waals surface area contributed by atoms with E-state index in [9.17, 15) is 0 Å². The Morgan fingerprint density at radius 2 is 1.46 bits per heavy atom. The molecule has 0 saturated carbocycles. The lowest BCUT2D eigenvalue weighted by Crippen LogP contribution is -2.21. The Labute approximate surface area is 155 Å². The van der Waals surface area contributed by atoms with Gasteiger partial charge in [0.1, 0.15) is 5.75 Å². The number of anilines is 3. The van der Waals surface area contributed by atoms with Crippen molar-refractivity contribution in [3.63, 3.8) is 0 Å². The summed E-state index contributed by atoms with van der Waals surface area (Å²) in [5, 5.41) is 0. The molecule has 0 amide bonds. The van der Waals surface area contributed by atoms with Crippen LogP contribution in [0.15, 0.2) is 54.6 Å². The second-order valence-electron chi connectivity index (χ2n) is 7.49. The predicted octanol–water partition coefficient (Wildman–Crippen LogP) is 6.00. The highest BCUT2D eigenvalue weighted by molar-refractivity contribution is 5.86. The molecular weight excluding hydrogens is 318 g/mol. The fourth-order valence-corrected chi connectivity index (χ4v) is 4.29. The maximum Gasteiger partial charge on any atom is 0.146 e. The minimum absolute atomic E-state index is 0.805. The minimum atomic E-state index is 0.805. The summed E-state index contributed by atoms with van der Waals surface area (Å²) in [6.07, 6.45) is 3.18. The van der Waals surface area contributed by atoms with Crippen LogP contribution in [0.5, 0.6) is 5.75 Å². The van der Waals surface area contributed by atoms with Crippen molar-refractivity contribution in [1.82, 2.24) is 0 Å². The number of para-hydroxylation sites is 1. The van der Waals surface area contributed by atoms with Crippen molar-refractivity contribution >= 4 is 17.1 Å². The van der Waals surface area contributed by atoms with E-state index in [0.29, 0.717) is 0 Å². The molecule has 26 heavy (non-hydrogen) atoms. The van der Waals surface area contributed by atoms with Gasteiger partial charge in [0.05, 0.1) is 12.3 Å². The molecule has 2 heteroatoms. The van der Waals surface area contributed by atoms with E-state index in [0.717, 1.165) is 37.3 Å². The third kappa shape index (κ3) is 2.40. The summed E-state index contributed by atoms with van der Waals surface area (Å²) in [4.78, 5) is 2.40. The van der Waals surface area contributed by atoms with Gasteiger partial charge in [-0.2, -0.15) is 0 Å². The largest absolute Gasteiger partial charge is 0.491 e. The van der Waals surface area contributed by atoms with Gasteiger partial charge in [-0.25, -0.2) is 0 Å². The topological polar surface area (TPSA) is 12.5 Å². The summed E-state index contributed by atoms with van der Waals surface area (Å²) in [5.74, 6) is 1.05. The Balaban J connectivity index is 1.77. The molecule has 3 aromatic carbocycles. The predicted molar refractivity (Wildman–Crippen MR) is 107 cm³/mol. The summed E-state index contributed by atoms with van der Waals surface area (Å²) in [7, 11) is 0. The zero-order valence-electron chi connectivity index (χ0n) is 15.4. The summed E-state index contributed by atoms with van der Waals surface area (Å²) in [5.41, 5.74) is 10.4. The highest BCUT2D eigenvalue weighted by atomic mass is 16.5. The molecule has 0 atom stereocenters. The molecular formula is C24H23NO. The number of hydrogen-bond donors (Lipinski definition) is 0. The fourth-order valence-electron chi connectivity index (χ4n) is 4.29. The van der Waals surface area contributed by atoms with E-state index < -0.39 is 0 Å². The molecule has 0 aliphatic carbocycles. The van der Waals surface area contributed by atoms with Crippen LogP contribution < -0.4 is 9.64 Å². The van der Waals surface area contributed by atoms with Gasteiger partial charge < -0.3 is 9.64 Å².